The fourth-order valence-electron chi connectivity index (χ4n) is 2.80. The number of anilines is 2. The van der Waals surface area contributed by atoms with Gasteiger partial charge in [-0.2, -0.15) is 0 Å². The fourth-order valence-corrected chi connectivity index (χ4v) is 2.80. The van der Waals surface area contributed by atoms with Gasteiger partial charge in [-0.3, -0.25) is 19.0 Å². The van der Waals surface area contributed by atoms with E-state index < -0.39 is 23.1 Å². The first-order valence-corrected chi connectivity index (χ1v) is 9.61. The Bertz CT molecular complexity index is 1190. The third-order valence-electron chi connectivity index (χ3n) is 4.32. The van der Waals surface area contributed by atoms with Gasteiger partial charge < -0.3 is 20.5 Å². The number of carbonyl (C=O) groups is 2. The van der Waals surface area contributed by atoms with Crippen LogP contribution in [-0.2, 0) is 27.4 Å². The van der Waals surface area contributed by atoms with Crippen LogP contribution in [0.25, 0.3) is 6.08 Å². The predicted octanol–water partition coefficient (Wildman–Crippen LogP) is 0.839. The third-order valence-corrected chi connectivity index (χ3v) is 4.32. The summed E-state index contributed by atoms with van der Waals surface area (Å²) in [5.41, 5.74) is 4.91. The van der Waals surface area contributed by atoms with Gasteiger partial charge in [0, 0.05) is 19.5 Å². The Hall–Kier alpha value is -4.26. The molecule has 1 amide bonds. The van der Waals surface area contributed by atoms with Gasteiger partial charge in [-0.25, -0.2) is 9.36 Å². The Labute approximate surface area is 184 Å². The summed E-state index contributed by atoms with van der Waals surface area (Å²) in [5.74, 6) is 1.54. The van der Waals surface area contributed by atoms with Gasteiger partial charge in [-0.1, -0.05) is 18.1 Å². The lowest BCUT2D eigenvalue weighted by Gasteiger charge is -2.16. The number of esters is 1. The number of rotatable bonds is 9. The van der Waals surface area contributed by atoms with Crippen molar-refractivity contribution in [3.05, 3.63) is 56.7 Å². The van der Waals surface area contributed by atoms with Gasteiger partial charge in [0.2, 0.25) is 5.91 Å². The summed E-state index contributed by atoms with van der Waals surface area (Å²) in [6, 6.07) is 7.01. The van der Waals surface area contributed by atoms with Gasteiger partial charge in [0.1, 0.15) is 17.3 Å². The largest absolute Gasteiger partial charge is 0.497 e. The number of terminal acetylenes is 1. The number of nitrogens with two attached hydrogens (primary N) is 1. The molecule has 3 N–H and O–H groups in total. The van der Waals surface area contributed by atoms with Crippen LogP contribution in [-0.4, -0.2) is 34.7 Å². The molecule has 1 aromatic carbocycles. The molecule has 0 atom stereocenters. The van der Waals surface area contributed by atoms with Gasteiger partial charge in [-0.15, -0.1) is 6.42 Å². The van der Waals surface area contributed by atoms with Gasteiger partial charge in [0.15, 0.2) is 0 Å². The molecule has 0 saturated carbocycles. The summed E-state index contributed by atoms with van der Waals surface area (Å²) in [7, 11) is 1.53. The highest BCUT2D eigenvalue weighted by Crippen LogP contribution is 2.15. The first kappa shape index (κ1) is 24.0. The van der Waals surface area contributed by atoms with Crippen molar-refractivity contribution >= 4 is 29.5 Å². The molecule has 0 saturated heterocycles. The Balaban J connectivity index is 2.32. The van der Waals surface area contributed by atoms with E-state index in [4.69, 9.17) is 21.6 Å². The minimum absolute atomic E-state index is 0.0469. The van der Waals surface area contributed by atoms with Crippen molar-refractivity contribution < 1.29 is 19.1 Å². The summed E-state index contributed by atoms with van der Waals surface area (Å²) >= 11 is 0. The molecule has 2 aromatic rings. The standard InChI is InChI=1S/C22H24N4O6/c1-4-11-26-21(29)19(20(23)25(22(26)30)12-6-13-32-15(2)27)24-18(28)10-9-16-7-5-8-17(14-16)31-3/h1,5,7-10,14H,6,11-13,23H2,2-3H3,(H,24,28)/b10-9+. The van der Waals surface area contributed by atoms with Gasteiger partial charge >= 0.3 is 11.7 Å². The van der Waals surface area contributed by atoms with E-state index in [0.717, 1.165) is 9.13 Å². The van der Waals surface area contributed by atoms with Crippen molar-refractivity contribution in [2.45, 2.75) is 26.4 Å². The normalized spacial score (nSPS) is 10.5. The molecule has 2 rings (SSSR count). The van der Waals surface area contributed by atoms with Crippen LogP contribution in [0.2, 0.25) is 0 Å². The zero-order valence-corrected chi connectivity index (χ0v) is 17.8. The summed E-state index contributed by atoms with van der Waals surface area (Å²) in [5, 5.41) is 2.42. The monoisotopic (exact) mass is 440 g/mol. The van der Waals surface area contributed by atoms with Crippen LogP contribution >= 0.6 is 0 Å². The highest BCUT2D eigenvalue weighted by atomic mass is 16.5. The number of nitrogens with zero attached hydrogens (tertiary/aromatic N) is 2. The van der Waals surface area contributed by atoms with Crippen LogP contribution in [0.15, 0.2) is 39.9 Å². The van der Waals surface area contributed by atoms with E-state index in [0.29, 0.717) is 11.3 Å². The van der Waals surface area contributed by atoms with E-state index in [1.165, 1.54) is 26.2 Å². The van der Waals surface area contributed by atoms with Crippen LogP contribution in [0.5, 0.6) is 5.75 Å². The zero-order chi connectivity index (χ0) is 23.7. The smallest absolute Gasteiger partial charge is 0.333 e. The number of benzene rings is 1. The second-order valence-electron chi connectivity index (χ2n) is 6.58. The van der Waals surface area contributed by atoms with Crippen molar-refractivity contribution in [1.29, 1.82) is 0 Å². The molecule has 10 heteroatoms. The predicted molar refractivity (Wildman–Crippen MR) is 120 cm³/mol. The number of hydrogen-bond donors (Lipinski definition) is 2. The van der Waals surface area contributed by atoms with E-state index in [1.54, 1.807) is 24.3 Å². The van der Waals surface area contributed by atoms with Crippen LogP contribution in [0.1, 0.15) is 18.9 Å². The van der Waals surface area contributed by atoms with E-state index in [1.807, 2.05) is 0 Å². The Morgan fingerprint density at radius 2 is 2.03 bits per heavy atom. The first-order chi connectivity index (χ1) is 15.3. The first-order valence-electron chi connectivity index (χ1n) is 9.61. The molecule has 0 unspecified atom stereocenters. The van der Waals surface area contributed by atoms with Gasteiger partial charge in [0.05, 0.1) is 20.3 Å². The highest BCUT2D eigenvalue weighted by Gasteiger charge is 2.18. The topological polar surface area (TPSA) is 135 Å². The lowest BCUT2D eigenvalue weighted by Crippen LogP contribution is -2.42. The molecule has 0 bridgehead atoms. The average Bonchev–Trinajstić information content (AvgIpc) is 2.77. The Morgan fingerprint density at radius 1 is 1.28 bits per heavy atom. The Morgan fingerprint density at radius 3 is 2.69 bits per heavy atom. The molecule has 0 aliphatic heterocycles. The number of amides is 1. The molecule has 1 aromatic heterocycles. The second kappa shape index (κ2) is 11.2. The SMILES string of the molecule is C#CCn1c(=O)c(NC(=O)/C=C/c2cccc(OC)c2)c(N)n(CCCOC(C)=O)c1=O. The molecular formula is C22H24N4O6. The summed E-state index contributed by atoms with van der Waals surface area (Å²) < 4.78 is 11.9. The lowest BCUT2D eigenvalue weighted by atomic mass is 10.2. The molecule has 0 spiro atoms. The van der Waals surface area contributed by atoms with Crippen molar-refractivity contribution in [2.75, 3.05) is 24.8 Å². The zero-order valence-electron chi connectivity index (χ0n) is 17.8. The van der Waals surface area contributed by atoms with Gasteiger partial charge in [-0.05, 0) is 30.2 Å². The maximum atomic E-state index is 12.7. The Kier molecular flexibility index (Phi) is 8.42. The van der Waals surface area contributed by atoms with Crippen LogP contribution in [0.4, 0.5) is 11.5 Å². The van der Waals surface area contributed by atoms with E-state index >= 15 is 0 Å². The number of aromatic nitrogens is 2. The molecule has 10 nitrogen and oxygen atoms in total. The second-order valence-corrected chi connectivity index (χ2v) is 6.58. The number of methoxy groups -OCH3 is 1. The number of nitrogen functional groups attached to an aromatic ring is 1. The summed E-state index contributed by atoms with van der Waals surface area (Å²) in [6.07, 6.45) is 8.29. The molecule has 168 valence electrons. The van der Waals surface area contributed by atoms with E-state index in [2.05, 4.69) is 11.2 Å². The molecule has 0 radical (unpaired) electrons. The number of nitrogens with one attached hydrogen (secondary N) is 1. The number of ether oxygens (including phenoxy) is 2. The molecule has 0 aliphatic rings. The van der Waals surface area contributed by atoms with Crippen LogP contribution in [0, 0.1) is 12.3 Å². The lowest BCUT2D eigenvalue weighted by molar-refractivity contribution is -0.141. The quantitative estimate of drug-likeness (QED) is 0.255. The fraction of sp³-hybridized carbons (Fsp3) is 0.273. The summed E-state index contributed by atoms with van der Waals surface area (Å²) in [6.45, 7) is 1.07. The molecule has 0 aliphatic carbocycles. The molecular weight excluding hydrogens is 416 g/mol. The van der Waals surface area contributed by atoms with Crippen LogP contribution < -0.4 is 27.0 Å². The summed E-state index contributed by atoms with van der Waals surface area (Å²) in [4.78, 5) is 48.7. The van der Waals surface area contributed by atoms with Crippen LogP contribution in [0.3, 0.4) is 0 Å². The average molecular weight is 440 g/mol. The number of hydrogen-bond acceptors (Lipinski definition) is 7. The minimum atomic E-state index is -0.815. The molecule has 32 heavy (non-hydrogen) atoms. The number of carbonyl (C=O) groups excluding carboxylic acids is 2. The van der Waals surface area contributed by atoms with E-state index in [9.17, 15) is 19.2 Å². The third kappa shape index (κ3) is 6.12. The van der Waals surface area contributed by atoms with E-state index in [-0.39, 0.29) is 37.6 Å². The van der Waals surface area contributed by atoms with Crippen molar-refractivity contribution in [3.8, 4) is 18.1 Å². The highest BCUT2D eigenvalue weighted by molar-refractivity contribution is 6.03. The van der Waals surface area contributed by atoms with Crippen molar-refractivity contribution in [3.63, 3.8) is 0 Å². The van der Waals surface area contributed by atoms with Crippen molar-refractivity contribution in [1.82, 2.24) is 9.13 Å². The maximum absolute atomic E-state index is 12.7. The maximum Gasteiger partial charge on any atom is 0.333 e. The van der Waals surface area contributed by atoms with Gasteiger partial charge in [0.25, 0.3) is 5.56 Å². The molecule has 1 heterocycles. The minimum Gasteiger partial charge on any atom is -0.497 e. The molecule has 0 fully saturated rings. The van der Waals surface area contributed by atoms with Crippen molar-refractivity contribution in [2.24, 2.45) is 0 Å².